The number of rotatable bonds is 1. The fourth-order valence-corrected chi connectivity index (χ4v) is 2.39. The zero-order valence-electron chi connectivity index (χ0n) is 13.4. The maximum atomic E-state index is 13.9. The summed E-state index contributed by atoms with van der Waals surface area (Å²) in [6.45, 7) is 8.89. The first kappa shape index (κ1) is 16.5. The van der Waals surface area contributed by atoms with Crippen molar-refractivity contribution in [1.82, 2.24) is 4.90 Å². The van der Waals surface area contributed by atoms with Gasteiger partial charge in [0, 0.05) is 26.2 Å². The smallest absolute Gasteiger partial charge is 0.410 e. The Labute approximate surface area is 129 Å². The van der Waals surface area contributed by atoms with Crippen LogP contribution < -0.4 is 4.90 Å². The van der Waals surface area contributed by atoms with E-state index in [4.69, 9.17) is 4.74 Å². The van der Waals surface area contributed by atoms with E-state index < -0.39 is 17.2 Å². The van der Waals surface area contributed by atoms with Crippen molar-refractivity contribution in [3.8, 4) is 0 Å². The Bertz CT molecular complexity index is 562. The minimum Gasteiger partial charge on any atom is -0.444 e. The fourth-order valence-electron chi connectivity index (χ4n) is 2.39. The molecule has 6 heteroatoms. The maximum absolute atomic E-state index is 13.9. The van der Waals surface area contributed by atoms with Crippen LogP contribution in [0.3, 0.4) is 0 Å². The molecular formula is C16H22F2N2O2. The lowest BCUT2D eigenvalue weighted by Gasteiger charge is -2.37. The SMILES string of the molecule is Cc1cc(F)c(F)c(N2CCN(C(=O)OC(C)(C)C)CC2)c1. The Kier molecular flexibility index (Phi) is 4.58. The quantitative estimate of drug-likeness (QED) is 0.797. The number of nitrogens with zero attached hydrogens (tertiary/aromatic N) is 2. The Hall–Kier alpha value is -1.85. The molecule has 0 unspecified atom stereocenters. The molecule has 0 aliphatic carbocycles. The minimum absolute atomic E-state index is 0.251. The highest BCUT2D eigenvalue weighted by atomic mass is 19.2. The number of amides is 1. The monoisotopic (exact) mass is 312 g/mol. The summed E-state index contributed by atoms with van der Waals surface area (Å²) in [4.78, 5) is 15.3. The van der Waals surface area contributed by atoms with Crippen LogP contribution in [0.1, 0.15) is 26.3 Å². The van der Waals surface area contributed by atoms with Gasteiger partial charge in [-0.15, -0.1) is 0 Å². The van der Waals surface area contributed by atoms with E-state index in [0.717, 1.165) is 0 Å². The van der Waals surface area contributed by atoms with E-state index in [-0.39, 0.29) is 11.8 Å². The zero-order valence-corrected chi connectivity index (χ0v) is 13.4. The molecule has 0 radical (unpaired) electrons. The van der Waals surface area contributed by atoms with Gasteiger partial charge >= 0.3 is 6.09 Å². The van der Waals surface area contributed by atoms with Crippen LogP contribution in [0.15, 0.2) is 12.1 Å². The van der Waals surface area contributed by atoms with Crippen molar-refractivity contribution in [2.45, 2.75) is 33.3 Å². The summed E-state index contributed by atoms with van der Waals surface area (Å²) in [5.74, 6) is -1.68. The Morgan fingerprint density at radius 1 is 1.14 bits per heavy atom. The highest BCUT2D eigenvalue weighted by Crippen LogP contribution is 2.25. The van der Waals surface area contributed by atoms with Crippen LogP contribution in [0.25, 0.3) is 0 Å². The number of carbonyl (C=O) groups is 1. The highest BCUT2D eigenvalue weighted by Gasteiger charge is 2.27. The summed E-state index contributed by atoms with van der Waals surface area (Å²) in [6.07, 6.45) is -0.372. The van der Waals surface area contributed by atoms with E-state index in [0.29, 0.717) is 31.7 Å². The van der Waals surface area contributed by atoms with Gasteiger partial charge in [-0.2, -0.15) is 0 Å². The molecule has 4 nitrogen and oxygen atoms in total. The molecule has 122 valence electrons. The number of hydrogen-bond acceptors (Lipinski definition) is 3. The maximum Gasteiger partial charge on any atom is 0.410 e. The summed E-state index contributed by atoms with van der Waals surface area (Å²) in [5, 5.41) is 0. The normalized spacial score (nSPS) is 15.9. The van der Waals surface area contributed by atoms with Crippen LogP contribution in [0, 0.1) is 18.6 Å². The minimum atomic E-state index is -0.843. The molecule has 0 bridgehead atoms. The fraction of sp³-hybridized carbons (Fsp3) is 0.562. The van der Waals surface area contributed by atoms with Gasteiger partial charge in [-0.3, -0.25) is 0 Å². The lowest BCUT2D eigenvalue weighted by Crippen LogP contribution is -2.50. The third-order valence-corrected chi connectivity index (χ3v) is 3.43. The number of aryl methyl sites for hydroxylation is 1. The van der Waals surface area contributed by atoms with Gasteiger partial charge < -0.3 is 14.5 Å². The van der Waals surface area contributed by atoms with Gasteiger partial charge in [0.2, 0.25) is 0 Å². The molecule has 0 spiro atoms. The van der Waals surface area contributed by atoms with Crippen molar-refractivity contribution in [3.05, 3.63) is 29.3 Å². The molecule has 1 fully saturated rings. The molecule has 0 saturated carbocycles. The van der Waals surface area contributed by atoms with Crippen molar-refractivity contribution in [3.63, 3.8) is 0 Å². The first-order valence-electron chi connectivity index (χ1n) is 7.36. The lowest BCUT2D eigenvalue weighted by molar-refractivity contribution is 0.0240. The molecule has 0 N–H and O–H groups in total. The lowest BCUT2D eigenvalue weighted by atomic mass is 10.1. The molecule has 1 aliphatic heterocycles. The van der Waals surface area contributed by atoms with Crippen LogP contribution >= 0.6 is 0 Å². The van der Waals surface area contributed by atoms with Gasteiger partial charge in [0.05, 0.1) is 5.69 Å². The van der Waals surface area contributed by atoms with Crippen molar-refractivity contribution < 1.29 is 18.3 Å². The third-order valence-electron chi connectivity index (χ3n) is 3.43. The molecule has 1 aliphatic rings. The van der Waals surface area contributed by atoms with Crippen molar-refractivity contribution >= 4 is 11.8 Å². The molecule has 1 saturated heterocycles. The van der Waals surface area contributed by atoms with E-state index in [1.165, 1.54) is 6.07 Å². The second kappa shape index (κ2) is 6.10. The number of anilines is 1. The first-order chi connectivity index (χ1) is 10.2. The molecule has 0 aromatic heterocycles. The van der Waals surface area contributed by atoms with Gasteiger partial charge in [0.15, 0.2) is 11.6 Å². The van der Waals surface area contributed by atoms with Gasteiger partial charge in [-0.05, 0) is 45.4 Å². The number of benzene rings is 1. The highest BCUT2D eigenvalue weighted by molar-refractivity contribution is 5.68. The second-order valence-electron chi connectivity index (χ2n) is 6.53. The molecule has 2 rings (SSSR count). The number of halogens is 2. The Balaban J connectivity index is 2.02. The van der Waals surface area contributed by atoms with Gasteiger partial charge in [-0.25, -0.2) is 13.6 Å². The zero-order chi connectivity index (χ0) is 16.5. The van der Waals surface area contributed by atoms with Crippen LogP contribution in [0.4, 0.5) is 19.3 Å². The van der Waals surface area contributed by atoms with Gasteiger partial charge in [0.1, 0.15) is 5.60 Å². The van der Waals surface area contributed by atoms with Gasteiger partial charge in [0.25, 0.3) is 0 Å². The van der Waals surface area contributed by atoms with E-state index in [1.54, 1.807) is 22.8 Å². The third kappa shape index (κ3) is 3.87. The van der Waals surface area contributed by atoms with E-state index in [9.17, 15) is 13.6 Å². The van der Waals surface area contributed by atoms with Crippen LogP contribution in [-0.2, 0) is 4.74 Å². The molecule has 1 heterocycles. The number of carbonyl (C=O) groups excluding carboxylic acids is 1. The van der Waals surface area contributed by atoms with E-state index in [2.05, 4.69) is 0 Å². The summed E-state index contributed by atoms with van der Waals surface area (Å²) < 4.78 is 32.7. The second-order valence-corrected chi connectivity index (χ2v) is 6.53. The summed E-state index contributed by atoms with van der Waals surface area (Å²) in [7, 11) is 0. The average Bonchev–Trinajstić information content (AvgIpc) is 2.41. The predicted octanol–water partition coefficient (Wildman–Crippen LogP) is 3.33. The topological polar surface area (TPSA) is 32.8 Å². The average molecular weight is 312 g/mol. The van der Waals surface area contributed by atoms with Gasteiger partial charge in [-0.1, -0.05) is 0 Å². The number of hydrogen-bond donors (Lipinski definition) is 0. The molecular weight excluding hydrogens is 290 g/mol. The summed E-state index contributed by atoms with van der Waals surface area (Å²) in [5.41, 5.74) is 0.379. The summed E-state index contributed by atoms with van der Waals surface area (Å²) in [6, 6.07) is 2.80. The standard InChI is InChI=1S/C16H22F2N2O2/c1-11-9-12(17)14(18)13(10-11)19-5-7-20(8-6-19)15(21)22-16(2,3)4/h9-10H,5-8H2,1-4H3. The largest absolute Gasteiger partial charge is 0.444 e. The van der Waals surface area contributed by atoms with Crippen molar-refractivity contribution in [2.24, 2.45) is 0 Å². The first-order valence-corrected chi connectivity index (χ1v) is 7.36. The summed E-state index contributed by atoms with van der Waals surface area (Å²) >= 11 is 0. The molecule has 22 heavy (non-hydrogen) atoms. The predicted molar refractivity (Wildman–Crippen MR) is 81.1 cm³/mol. The molecule has 1 aromatic carbocycles. The van der Waals surface area contributed by atoms with Crippen molar-refractivity contribution in [2.75, 3.05) is 31.1 Å². The molecule has 1 aromatic rings. The molecule has 1 amide bonds. The number of piperazine rings is 1. The molecule has 0 atom stereocenters. The Morgan fingerprint density at radius 2 is 1.73 bits per heavy atom. The van der Waals surface area contributed by atoms with E-state index >= 15 is 0 Å². The number of ether oxygens (including phenoxy) is 1. The van der Waals surface area contributed by atoms with Crippen LogP contribution in [-0.4, -0.2) is 42.8 Å². The van der Waals surface area contributed by atoms with Crippen LogP contribution in [0.2, 0.25) is 0 Å². The van der Waals surface area contributed by atoms with Crippen LogP contribution in [0.5, 0.6) is 0 Å². The van der Waals surface area contributed by atoms with Crippen molar-refractivity contribution in [1.29, 1.82) is 0 Å². The Morgan fingerprint density at radius 3 is 2.27 bits per heavy atom. The van der Waals surface area contributed by atoms with E-state index in [1.807, 2.05) is 20.8 Å².